The summed E-state index contributed by atoms with van der Waals surface area (Å²) >= 11 is 1.97. The smallest absolute Gasteiger partial charge is 0.141 e. The van der Waals surface area contributed by atoms with E-state index < -0.39 is 0 Å². The molecule has 1 aromatic rings. The summed E-state index contributed by atoms with van der Waals surface area (Å²) in [5.41, 5.74) is 0. The number of aromatic nitrogens is 2. The molecule has 0 aromatic carbocycles. The molecule has 2 heterocycles. The van der Waals surface area contributed by atoms with Crippen LogP contribution < -0.4 is 0 Å². The van der Waals surface area contributed by atoms with Gasteiger partial charge >= 0.3 is 0 Å². The number of rotatable bonds is 1. The minimum absolute atomic E-state index is 0.566. The van der Waals surface area contributed by atoms with E-state index in [4.69, 9.17) is 0 Å². The van der Waals surface area contributed by atoms with Crippen LogP contribution in [0.25, 0.3) is 0 Å². The first-order valence-electron chi connectivity index (χ1n) is 3.85. The molecule has 1 unspecified atom stereocenters. The van der Waals surface area contributed by atoms with Crippen molar-refractivity contribution in [1.82, 2.24) is 9.97 Å². The molecule has 1 atom stereocenters. The van der Waals surface area contributed by atoms with Gasteiger partial charge in [-0.15, -0.1) is 0 Å². The largest absolute Gasteiger partial charge is 0.240 e. The van der Waals surface area contributed by atoms with Gasteiger partial charge in [0.2, 0.25) is 0 Å². The van der Waals surface area contributed by atoms with Gasteiger partial charge in [-0.2, -0.15) is 11.8 Å². The molecule has 0 aliphatic carbocycles. The van der Waals surface area contributed by atoms with Crippen LogP contribution in [-0.4, -0.2) is 15.7 Å². The van der Waals surface area contributed by atoms with Crippen molar-refractivity contribution < 1.29 is 0 Å². The van der Waals surface area contributed by atoms with Crippen molar-refractivity contribution in [2.45, 2.75) is 18.1 Å². The van der Waals surface area contributed by atoms with Gasteiger partial charge in [0.1, 0.15) is 5.82 Å². The van der Waals surface area contributed by atoms with Crippen molar-refractivity contribution in [3.63, 3.8) is 0 Å². The Morgan fingerprint density at radius 3 is 2.82 bits per heavy atom. The second-order valence-electron chi connectivity index (χ2n) is 2.61. The molecule has 1 aliphatic rings. The molecule has 2 nitrogen and oxygen atoms in total. The lowest BCUT2D eigenvalue weighted by Gasteiger charge is -2.03. The normalized spacial score (nSPS) is 23.8. The molecule has 3 heteroatoms. The molecule has 1 aromatic heterocycles. The fourth-order valence-electron chi connectivity index (χ4n) is 1.26. The summed E-state index contributed by atoms with van der Waals surface area (Å²) in [6, 6.07) is 1.86. The molecule has 2 rings (SSSR count). The van der Waals surface area contributed by atoms with Crippen LogP contribution >= 0.6 is 11.8 Å². The van der Waals surface area contributed by atoms with Crippen molar-refractivity contribution in [2.75, 3.05) is 5.75 Å². The van der Waals surface area contributed by atoms with Gasteiger partial charge in [0.05, 0.1) is 5.25 Å². The zero-order valence-corrected chi connectivity index (χ0v) is 7.05. The summed E-state index contributed by atoms with van der Waals surface area (Å²) in [6.45, 7) is 0. The highest BCUT2D eigenvalue weighted by molar-refractivity contribution is 7.99. The molecule has 1 saturated heterocycles. The molecule has 58 valence electrons. The number of thioether (sulfide) groups is 1. The van der Waals surface area contributed by atoms with Gasteiger partial charge in [0.25, 0.3) is 0 Å². The zero-order valence-electron chi connectivity index (χ0n) is 6.23. The third kappa shape index (κ3) is 1.53. The van der Waals surface area contributed by atoms with Crippen LogP contribution in [0.5, 0.6) is 0 Å². The van der Waals surface area contributed by atoms with Gasteiger partial charge in [0, 0.05) is 12.4 Å². The molecular formula is C8H10N2S. The second-order valence-corrected chi connectivity index (χ2v) is 3.92. The standard InChI is InChI=1S/C8H10N2S/c1-3-7(11-6-1)8-9-4-2-5-10-8/h2,4-5,7H,1,3,6H2. The maximum Gasteiger partial charge on any atom is 0.141 e. The Bertz CT molecular complexity index is 219. The third-order valence-electron chi connectivity index (χ3n) is 1.80. The summed E-state index contributed by atoms with van der Waals surface area (Å²) < 4.78 is 0. The molecule has 1 fully saturated rings. The molecule has 0 saturated carbocycles. The van der Waals surface area contributed by atoms with E-state index in [0.29, 0.717) is 5.25 Å². The maximum atomic E-state index is 4.23. The lowest BCUT2D eigenvalue weighted by atomic mass is 10.2. The summed E-state index contributed by atoms with van der Waals surface area (Å²) in [4.78, 5) is 8.46. The van der Waals surface area contributed by atoms with Gasteiger partial charge < -0.3 is 0 Å². The van der Waals surface area contributed by atoms with E-state index in [1.165, 1.54) is 18.6 Å². The number of hydrogen-bond donors (Lipinski definition) is 0. The molecule has 0 amide bonds. The Balaban J connectivity index is 2.16. The van der Waals surface area contributed by atoms with Gasteiger partial charge in [0.15, 0.2) is 0 Å². The summed E-state index contributed by atoms with van der Waals surface area (Å²) in [5, 5.41) is 0.566. The van der Waals surface area contributed by atoms with E-state index in [0.717, 1.165) is 5.82 Å². The average molecular weight is 166 g/mol. The first kappa shape index (κ1) is 7.10. The quantitative estimate of drug-likeness (QED) is 0.638. The lowest BCUT2D eigenvalue weighted by molar-refractivity contribution is 0.776. The lowest BCUT2D eigenvalue weighted by Crippen LogP contribution is -1.95. The Labute approximate surface area is 70.4 Å². The predicted molar refractivity (Wildman–Crippen MR) is 46.5 cm³/mol. The summed E-state index contributed by atoms with van der Waals surface area (Å²) in [5.74, 6) is 2.28. The van der Waals surface area contributed by atoms with Crippen LogP contribution in [0, 0.1) is 0 Å². The van der Waals surface area contributed by atoms with Crippen molar-refractivity contribution in [2.24, 2.45) is 0 Å². The van der Waals surface area contributed by atoms with Gasteiger partial charge in [-0.1, -0.05) is 0 Å². The van der Waals surface area contributed by atoms with Crippen molar-refractivity contribution in [1.29, 1.82) is 0 Å². The first-order valence-corrected chi connectivity index (χ1v) is 4.90. The van der Waals surface area contributed by atoms with Crippen molar-refractivity contribution in [3.05, 3.63) is 24.3 Å². The molecule has 0 N–H and O–H groups in total. The predicted octanol–water partition coefficient (Wildman–Crippen LogP) is 2.04. The van der Waals surface area contributed by atoms with Crippen LogP contribution in [0.3, 0.4) is 0 Å². The fourth-order valence-corrected chi connectivity index (χ4v) is 2.48. The zero-order chi connectivity index (χ0) is 7.52. The van der Waals surface area contributed by atoms with Gasteiger partial charge in [-0.3, -0.25) is 0 Å². The van der Waals surface area contributed by atoms with E-state index in [1.807, 2.05) is 30.2 Å². The SMILES string of the molecule is c1cnc(C2CCCS2)nc1. The van der Waals surface area contributed by atoms with Crippen molar-refractivity contribution in [3.8, 4) is 0 Å². The minimum Gasteiger partial charge on any atom is -0.240 e. The first-order chi connectivity index (χ1) is 5.47. The Kier molecular flexibility index (Phi) is 2.08. The molecular weight excluding hydrogens is 156 g/mol. The number of hydrogen-bond acceptors (Lipinski definition) is 3. The topological polar surface area (TPSA) is 25.8 Å². The van der Waals surface area contributed by atoms with E-state index in [-0.39, 0.29) is 0 Å². The Morgan fingerprint density at radius 1 is 1.36 bits per heavy atom. The highest BCUT2D eigenvalue weighted by Crippen LogP contribution is 2.37. The minimum atomic E-state index is 0.566. The number of nitrogens with zero attached hydrogens (tertiary/aromatic N) is 2. The Hall–Kier alpha value is -0.570. The molecule has 0 bridgehead atoms. The monoisotopic (exact) mass is 166 g/mol. The van der Waals surface area contributed by atoms with Crippen LogP contribution in [-0.2, 0) is 0 Å². The second kappa shape index (κ2) is 3.22. The van der Waals surface area contributed by atoms with E-state index in [2.05, 4.69) is 9.97 Å². The van der Waals surface area contributed by atoms with Gasteiger partial charge in [-0.05, 0) is 24.7 Å². The van der Waals surface area contributed by atoms with Crippen LogP contribution in [0.4, 0.5) is 0 Å². The van der Waals surface area contributed by atoms with Gasteiger partial charge in [-0.25, -0.2) is 9.97 Å². The summed E-state index contributed by atoms with van der Waals surface area (Å²) in [7, 11) is 0. The highest BCUT2D eigenvalue weighted by Gasteiger charge is 2.19. The fraction of sp³-hybridized carbons (Fsp3) is 0.500. The maximum absolute atomic E-state index is 4.23. The Morgan fingerprint density at radius 2 is 2.18 bits per heavy atom. The molecule has 0 spiro atoms. The van der Waals surface area contributed by atoms with Crippen LogP contribution in [0.2, 0.25) is 0 Å². The highest BCUT2D eigenvalue weighted by atomic mass is 32.2. The van der Waals surface area contributed by atoms with E-state index >= 15 is 0 Å². The van der Waals surface area contributed by atoms with Crippen molar-refractivity contribution >= 4 is 11.8 Å². The van der Waals surface area contributed by atoms with Crippen LogP contribution in [0.1, 0.15) is 23.9 Å². The summed E-state index contributed by atoms with van der Waals surface area (Å²) in [6.07, 6.45) is 6.20. The average Bonchev–Trinajstić information content (AvgIpc) is 2.58. The van der Waals surface area contributed by atoms with E-state index in [1.54, 1.807) is 0 Å². The van der Waals surface area contributed by atoms with Crippen LogP contribution in [0.15, 0.2) is 18.5 Å². The molecule has 0 radical (unpaired) electrons. The molecule has 1 aliphatic heterocycles. The van der Waals surface area contributed by atoms with E-state index in [9.17, 15) is 0 Å². The third-order valence-corrected chi connectivity index (χ3v) is 3.18. The molecule has 11 heavy (non-hydrogen) atoms.